The van der Waals surface area contributed by atoms with Crippen molar-refractivity contribution >= 4 is 5.91 Å². The second-order valence-corrected chi connectivity index (χ2v) is 7.08. The van der Waals surface area contributed by atoms with Crippen molar-refractivity contribution in [2.24, 2.45) is 17.1 Å². The summed E-state index contributed by atoms with van der Waals surface area (Å²) in [7, 11) is 1.92. The van der Waals surface area contributed by atoms with Crippen LogP contribution in [0.25, 0.3) is 0 Å². The maximum Gasteiger partial charge on any atom is 0.239 e. The van der Waals surface area contributed by atoms with Gasteiger partial charge in [0.1, 0.15) is 0 Å². The van der Waals surface area contributed by atoms with Crippen LogP contribution in [0.3, 0.4) is 0 Å². The summed E-state index contributed by atoms with van der Waals surface area (Å²) in [5.41, 5.74) is 6.43. The summed E-state index contributed by atoms with van der Waals surface area (Å²) in [6, 6.07) is 0.0636. The normalized spacial score (nSPS) is 21.9. The molecule has 0 saturated heterocycles. The fraction of sp³-hybridized carbons (Fsp3) is 0.933. The molecular formula is C15H30N2O. The van der Waals surface area contributed by atoms with Gasteiger partial charge in [-0.15, -0.1) is 0 Å². The Kier molecular flexibility index (Phi) is 5.20. The van der Waals surface area contributed by atoms with Crippen molar-refractivity contribution < 1.29 is 4.79 Å². The topological polar surface area (TPSA) is 46.3 Å². The Hall–Kier alpha value is -0.570. The van der Waals surface area contributed by atoms with Gasteiger partial charge in [0.2, 0.25) is 5.91 Å². The first-order chi connectivity index (χ1) is 8.23. The van der Waals surface area contributed by atoms with Crippen LogP contribution in [0.15, 0.2) is 0 Å². The van der Waals surface area contributed by atoms with Crippen LogP contribution in [-0.4, -0.2) is 29.9 Å². The summed E-state index contributed by atoms with van der Waals surface area (Å²) in [5.74, 6) is 0.594. The SMILES string of the molecule is CC(C)C[C@@H](N)C(=O)N(C)C1CCC(C)(C)CC1. The van der Waals surface area contributed by atoms with Crippen molar-refractivity contribution in [1.29, 1.82) is 0 Å². The molecule has 0 aromatic rings. The van der Waals surface area contributed by atoms with Crippen molar-refractivity contribution in [3.63, 3.8) is 0 Å². The second-order valence-electron chi connectivity index (χ2n) is 7.08. The van der Waals surface area contributed by atoms with Gasteiger partial charge in [-0.05, 0) is 43.4 Å². The first kappa shape index (κ1) is 15.5. The maximum atomic E-state index is 12.2. The minimum absolute atomic E-state index is 0.119. The van der Waals surface area contributed by atoms with Gasteiger partial charge in [0.25, 0.3) is 0 Å². The molecule has 0 aromatic heterocycles. The Morgan fingerprint density at radius 3 is 2.28 bits per heavy atom. The van der Waals surface area contributed by atoms with Crippen LogP contribution in [0.5, 0.6) is 0 Å². The first-order valence-electron chi connectivity index (χ1n) is 7.25. The van der Waals surface area contributed by atoms with Crippen LogP contribution >= 0.6 is 0 Å². The molecule has 0 aromatic carbocycles. The molecule has 1 aliphatic carbocycles. The van der Waals surface area contributed by atoms with Gasteiger partial charge in [0.05, 0.1) is 6.04 Å². The number of nitrogens with two attached hydrogens (primary N) is 1. The summed E-state index contributed by atoms with van der Waals surface area (Å²) >= 11 is 0. The second kappa shape index (κ2) is 6.05. The van der Waals surface area contributed by atoms with Crippen molar-refractivity contribution in [3.05, 3.63) is 0 Å². The third-order valence-corrected chi connectivity index (χ3v) is 4.25. The molecule has 1 aliphatic rings. The first-order valence-corrected chi connectivity index (χ1v) is 7.25. The molecule has 1 amide bonds. The molecular weight excluding hydrogens is 224 g/mol. The lowest BCUT2D eigenvalue weighted by molar-refractivity contribution is -0.134. The van der Waals surface area contributed by atoms with E-state index in [2.05, 4.69) is 27.7 Å². The van der Waals surface area contributed by atoms with E-state index < -0.39 is 0 Å². The summed E-state index contributed by atoms with van der Waals surface area (Å²) in [6.07, 6.45) is 5.41. The average Bonchev–Trinajstić information content (AvgIpc) is 2.26. The molecule has 0 radical (unpaired) electrons. The van der Waals surface area contributed by atoms with E-state index in [1.807, 2.05) is 11.9 Å². The molecule has 1 saturated carbocycles. The number of carbonyl (C=O) groups is 1. The van der Waals surface area contributed by atoms with Gasteiger partial charge in [0.15, 0.2) is 0 Å². The number of hydrogen-bond donors (Lipinski definition) is 1. The number of amides is 1. The molecule has 0 spiro atoms. The van der Waals surface area contributed by atoms with Crippen molar-refractivity contribution in [2.45, 2.75) is 71.9 Å². The van der Waals surface area contributed by atoms with Crippen LogP contribution in [0.2, 0.25) is 0 Å². The Morgan fingerprint density at radius 2 is 1.83 bits per heavy atom. The van der Waals surface area contributed by atoms with Gasteiger partial charge in [-0.25, -0.2) is 0 Å². The van der Waals surface area contributed by atoms with Gasteiger partial charge in [-0.1, -0.05) is 27.7 Å². The quantitative estimate of drug-likeness (QED) is 0.838. The van der Waals surface area contributed by atoms with E-state index in [4.69, 9.17) is 5.73 Å². The third kappa shape index (κ3) is 4.27. The van der Waals surface area contributed by atoms with Crippen LogP contribution in [-0.2, 0) is 4.79 Å². The lowest BCUT2D eigenvalue weighted by atomic mass is 9.75. The zero-order valence-electron chi connectivity index (χ0n) is 12.7. The average molecular weight is 254 g/mol. The van der Waals surface area contributed by atoms with E-state index in [1.165, 1.54) is 12.8 Å². The highest BCUT2D eigenvalue weighted by Gasteiger charge is 2.31. The lowest BCUT2D eigenvalue weighted by Gasteiger charge is -2.39. The smallest absolute Gasteiger partial charge is 0.239 e. The van der Waals surface area contributed by atoms with Crippen LogP contribution in [0.1, 0.15) is 59.8 Å². The molecule has 1 rings (SSSR count). The highest BCUT2D eigenvalue weighted by atomic mass is 16.2. The predicted octanol–water partition coefficient (Wildman–Crippen LogP) is 2.79. The molecule has 0 unspecified atom stereocenters. The van der Waals surface area contributed by atoms with Gasteiger partial charge in [-0.2, -0.15) is 0 Å². The van der Waals surface area contributed by atoms with Gasteiger partial charge in [0, 0.05) is 13.1 Å². The van der Waals surface area contributed by atoms with E-state index in [9.17, 15) is 4.79 Å². The molecule has 0 heterocycles. The van der Waals surface area contributed by atoms with Gasteiger partial charge >= 0.3 is 0 Å². The number of nitrogens with zero attached hydrogens (tertiary/aromatic N) is 1. The molecule has 0 aliphatic heterocycles. The van der Waals surface area contributed by atoms with Gasteiger partial charge < -0.3 is 10.6 Å². The highest BCUT2D eigenvalue weighted by Crippen LogP contribution is 2.36. The van der Waals surface area contributed by atoms with Crippen molar-refractivity contribution in [2.75, 3.05) is 7.05 Å². The van der Waals surface area contributed by atoms with E-state index in [0.717, 1.165) is 19.3 Å². The molecule has 1 atom stereocenters. The zero-order chi connectivity index (χ0) is 13.9. The number of rotatable bonds is 4. The summed E-state index contributed by atoms with van der Waals surface area (Å²) in [6.45, 7) is 8.84. The van der Waals surface area contributed by atoms with E-state index in [1.54, 1.807) is 0 Å². The standard InChI is InChI=1S/C15H30N2O/c1-11(2)10-13(16)14(18)17(5)12-6-8-15(3,4)9-7-12/h11-13H,6-10,16H2,1-5H3/t13-/m1/s1. The molecule has 106 valence electrons. The molecule has 2 N–H and O–H groups in total. The maximum absolute atomic E-state index is 12.2. The Labute approximate surface area is 112 Å². The Morgan fingerprint density at radius 1 is 1.33 bits per heavy atom. The van der Waals surface area contributed by atoms with Crippen LogP contribution < -0.4 is 5.73 Å². The summed E-state index contributed by atoms with van der Waals surface area (Å²) < 4.78 is 0. The molecule has 18 heavy (non-hydrogen) atoms. The molecule has 3 heteroatoms. The minimum Gasteiger partial charge on any atom is -0.341 e. The van der Waals surface area contributed by atoms with Crippen molar-refractivity contribution in [3.8, 4) is 0 Å². The van der Waals surface area contributed by atoms with E-state index in [-0.39, 0.29) is 11.9 Å². The number of carbonyl (C=O) groups excluding carboxylic acids is 1. The Bertz CT molecular complexity index is 276. The highest BCUT2D eigenvalue weighted by molar-refractivity contribution is 5.81. The summed E-state index contributed by atoms with van der Waals surface area (Å²) in [5, 5.41) is 0. The van der Waals surface area contributed by atoms with Crippen molar-refractivity contribution in [1.82, 2.24) is 4.90 Å². The lowest BCUT2D eigenvalue weighted by Crippen LogP contribution is -2.48. The van der Waals surface area contributed by atoms with Crippen LogP contribution in [0.4, 0.5) is 0 Å². The van der Waals surface area contributed by atoms with Gasteiger partial charge in [-0.3, -0.25) is 4.79 Å². The monoisotopic (exact) mass is 254 g/mol. The fourth-order valence-corrected chi connectivity index (χ4v) is 2.82. The predicted molar refractivity (Wildman–Crippen MR) is 76.2 cm³/mol. The van der Waals surface area contributed by atoms with Crippen LogP contribution in [0, 0.1) is 11.3 Å². The zero-order valence-corrected chi connectivity index (χ0v) is 12.7. The Balaban J connectivity index is 2.49. The summed E-state index contributed by atoms with van der Waals surface area (Å²) in [4.78, 5) is 14.1. The number of likely N-dealkylation sites (N-methyl/N-ethyl adjacent to an activating group) is 1. The largest absolute Gasteiger partial charge is 0.341 e. The molecule has 3 nitrogen and oxygen atoms in total. The molecule has 0 bridgehead atoms. The fourth-order valence-electron chi connectivity index (χ4n) is 2.82. The van der Waals surface area contributed by atoms with E-state index in [0.29, 0.717) is 17.4 Å². The molecule has 1 fully saturated rings. The van der Waals surface area contributed by atoms with E-state index >= 15 is 0 Å². The minimum atomic E-state index is -0.329. The number of hydrogen-bond acceptors (Lipinski definition) is 2. The third-order valence-electron chi connectivity index (χ3n) is 4.25.